The van der Waals surface area contributed by atoms with Gasteiger partial charge in [0.2, 0.25) is 5.95 Å². The van der Waals surface area contributed by atoms with Crippen LogP contribution in [0.2, 0.25) is 0 Å². The molecule has 0 spiro atoms. The van der Waals surface area contributed by atoms with Crippen molar-refractivity contribution in [3.63, 3.8) is 0 Å². The summed E-state index contributed by atoms with van der Waals surface area (Å²) >= 11 is 3.26. The Balaban J connectivity index is 2.22. The summed E-state index contributed by atoms with van der Waals surface area (Å²) in [6.45, 7) is 3.29. The van der Waals surface area contributed by atoms with Crippen molar-refractivity contribution in [1.82, 2.24) is 9.55 Å². The lowest BCUT2D eigenvalue weighted by Gasteiger charge is -2.10. The summed E-state index contributed by atoms with van der Waals surface area (Å²) in [6.07, 6.45) is 2.68. The van der Waals surface area contributed by atoms with Crippen LogP contribution in [0.15, 0.2) is 28.9 Å². The topological polar surface area (TPSA) is 39.1 Å². The van der Waals surface area contributed by atoms with E-state index in [1.54, 1.807) is 17.7 Å². The molecule has 0 saturated carbocycles. The molecule has 1 N–H and O–H groups in total. The van der Waals surface area contributed by atoms with E-state index in [0.29, 0.717) is 22.7 Å². The molecule has 2 rings (SSSR count). The Labute approximate surface area is 126 Å². The Morgan fingerprint density at radius 1 is 1.45 bits per heavy atom. The number of anilines is 1. The summed E-state index contributed by atoms with van der Waals surface area (Å²) in [4.78, 5) is 4.38. The number of nitrogens with one attached hydrogen (secondary N) is 1. The van der Waals surface area contributed by atoms with Crippen LogP contribution in [0.25, 0.3) is 5.69 Å². The zero-order valence-electron chi connectivity index (χ0n) is 11.5. The van der Waals surface area contributed by atoms with E-state index < -0.39 is 0 Å². The van der Waals surface area contributed by atoms with Gasteiger partial charge in [0.25, 0.3) is 0 Å². The molecule has 1 aromatic carbocycles. The molecule has 0 saturated heterocycles. The quantitative estimate of drug-likeness (QED) is 0.817. The maximum absolute atomic E-state index is 14.0. The molecule has 1 heterocycles. The van der Waals surface area contributed by atoms with Crippen LogP contribution in [0, 0.1) is 12.7 Å². The van der Waals surface area contributed by atoms with Gasteiger partial charge in [-0.2, -0.15) is 0 Å². The normalized spacial score (nSPS) is 10.8. The largest absolute Gasteiger partial charge is 0.385 e. The van der Waals surface area contributed by atoms with Gasteiger partial charge in [-0.3, -0.25) is 4.57 Å². The number of nitrogens with zero attached hydrogens (tertiary/aromatic N) is 2. The van der Waals surface area contributed by atoms with Gasteiger partial charge in [-0.25, -0.2) is 9.37 Å². The van der Waals surface area contributed by atoms with Crippen LogP contribution in [0.4, 0.5) is 10.3 Å². The van der Waals surface area contributed by atoms with Crippen LogP contribution < -0.4 is 5.32 Å². The van der Waals surface area contributed by atoms with Crippen LogP contribution in [-0.4, -0.2) is 29.8 Å². The molecule has 0 fully saturated rings. The summed E-state index contributed by atoms with van der Waals surface area (Å²) in [7, 11) is 1.67. The van der Waals surface area contributed by atoms with Gasteiger partial charge in [-0.05, 0) is 31.5 Å². The van der Waals surface area contributed by atoms with Crippen LogP contribution in [0.3, 0.4) is 0 Å². The van der Waals surface area contributed by atoms with Crippen molar-refractivity contribution >= 4 is 21.9 Å². The highest BCUT2D eigenvalue weighted by atomic mass is 79.9. The van der Waals surface area contributed by atoms with Crippen molar-refractivity contribution in [2.24, 2.45) is 0 Å². The van der Waals surface area contributed by atoms with E-state index in [1.165, 1.54) is 6.07 Å². The summed E-state index contributed by atoms with van der Waals surface area (Å²) in [5.74, 6) is 0.344. The number of aromatic nitrogens is 2. The summed E-state index contributed by atoms with van der Waals surface area (Å²) in [6, 6.07) is 4.97. The Hall–Kier alpha value is -1.40. The van der Waals surface area contributed by atoms with E-state index in [0.717, 1.165) is 18.7 Å². The van der Waals surface area contributed by atoms with Crippen LogP contribution in [0.5, 0.6) is 0 Å². The molecular formula is C14H17BrFN3O. The molecular weight excluding hydrogens is 325 g/mol. The van der Waals surface area contributed by atoms with Gasteiger partial charge in [0.15, 0.2) is 0 Å². The van der Waals surface area contributed by atoms with Crippen molar-refractivity contribution in [2.75, 3.05) is 25.6 Å². The smallest absolute Gasteiger partial charge is 0.207 e. The number of ether oxygens (including phenoxy) is 1. The van der Waals surface area contributed by atoms with Gasteiger partial charge in [0.05, 0.1) is 11.4 Å². The molecule has 0 aliphatic rings. The highest BCUT2D eigenvalue weighted by Gasteiger charge is 2.11. The zero-order chi connectivity index (χ0) is 14.5. The third-order valence-corrected chi connectivity index (χ3v) is 3.30. The van der Waals surface area contributed by atoms with Crippen molar-refractivity contribution in [3.05, 3.63) is 40.4 Å². The number of imidazole rings is 1. The van der Waals surface area contributed by atoms with E-state index in [4.69, 9.17) is 4.74 Å². The van der Waals surface area contributed by atoms with Gasteiger partial charge in [-0.15, -0.1) is 0 Å². The minimum absolute atomic E-state index is 0.295. The first-order chi connectivity index (χ1) is 9.61. The SMILES string of the molecule is COCCCNc1nc(C)cn1-c1ccc(Br)cc1F. The first kappa shape index (κ1) is 15.0. The molecule has 0 aliphatic heterocycles. The Bertz CT molecular complexity index is 586. The van der Waals surface area contributed by atoms with Gasteiger partial charge in [0.1, 0.15) is 5.82 Å². The summed E-state index contributed by atoms with van der Waals surface area (Å²) in [5, 5.41) is 3.20. The third kappa shape index (κ3) is 3.58. The molecule has 4 nitrogen and oxygen atoms in total. The molecule has 0 bridgehead atoms. The number of benzene rings is 1. The van der Waals surface area contributed by atoms with E-state index >= 15 is 0 Å². The third-order valence-electron chi connectivity index (χ3n) is 2.80. The molecule has 0 amide bonds. The molecule has 6 heteroatoms. The van der Waals surface area contributed by atoms with Crippen molar-refractivity contribution in [1.29, 1.82) is 0 Å². The maximum atomic E-state index is 14.0. The maximum Gasteiger partial charge on any atom is 0.207 e. The fraction of sp³-hybridized carbons (Fsp3) is 0.357. The average molecular weight is 342 g/mol. The van der Waals surface area contributed by atoms with E-state index in [-0.39, 0.29) is 5.82 Å². The zero-order valence-corrected chi connectivity index (χ0v) is 13.1. The standard InChI is InChI=1S/C14H17BrFN3O/c1-10-9-19(13-5-4-11(15)8-12(13)16)14(18-10)17-6-3-7-20-2/h4-5,8-9H,3,6-7H2,1-2H3,(H,17,18). The molecule has 20 heavy (non-hydrogen) atoms. The number of methoxy groups -OCH3 is 1. The first-order valence-corrected chi connectivity index (χ1v) is 7.15. The van der Waals surface area contributed by atoms with Crippen molar-refractivity contribution < 1.29 is 9.13 Å². The molecule has 0 unspecified atom stereocenters. The number of aryl methyl sites for hydroxylation is 1. The fourth-order valence-electron chi connectivity index (χ4n) is 1.90. The van der Waals surface area contributed by atoms with Crippen LogP contribution in [-0.2, 0) is 4.74 Å². The van der Waals surface area contributed by atoms with Gasteiger partial charge in [0, 0.05) is 30.9 Å². The number of rotatable bonds is 6. The lowest BCUT2D eigenvalue weighted by atomic mass is 10.3. The fourth-order valence-corrected chi connectivity index (χ4v) is 2.23. The second-order valence-corrected chi connectivity index (χ2v) is 5.36. The second kappa shape index (κ2) is 6.85. The van der Waals surface area contributed by atoms with E-state index in [9.17, 15) is 4.39 Å². The van der Waals surface area contributed by atoms with E-state index in [1.807, 2.05) is 19.2 Å². The van der Waals surface area contributed by atoms with Gasteiger partial charge < -0.3 is 10.1 Å². The molecule has 0 aliphatic carbocycles. The lowest BCUT2D eigenvalue weighted by Crippen LogP contribution is -2.10. The number of hydrogen-bond acceptors (Lipinski definition) is 3. The molecule has 0 radical (unpaired) electrons. The Kier molecular flexibility index (Phi) is 5.14. The van der Waals surface area contributed by atoms with Crippen molar-refractivity contribution in [3.8, 4) is 5.69 Å². The van der Waals surface area contributed by atoms with Gasteiger partial charge >= 0.3 is 0 Å². The van der Waals surface area contributed by atoms with Crippen LogP contribution in [0.1, 0.15) is 12.1 Å². The summed E-state index contributed by atoms with van der Waals surface area (Å²) in [5.41, 5.74) is 1.31. The van der Waals surface area contributed by atoms with Crippen LogP contribution >= 0.6 is 15.9 Å². The average Bonchev–Trinajstić information content (AvgIpc) is 2.76. The molecule has 108 valence electrons. The molecule has 0 atom stereocenters. The number of halogens is 2. The molecule has 2 aromatic rings. The Morgan fingerprint density at radius 3 is 2.95 bits per heavy atom. The number of hydrogen-bond donors (Lipinski definition) is 1. The predicted octanol–water partition coefficient (Wildman–Crippen LogP) is 3.53. The van der Waals surface area contributed by atoms with Crippen molar-refractivity contribution in [2.45, 2.75) is 13.3 Å². The minimum Gasteiger partial charge on any atom is -0.385 e. The Morgan fingerprint density at radius 2 is 2.25 bits per heavy atom. The lowest BCUT2D eigenvalue weighted by molar-refractivity contribution is 0.197. The highest BCUT2D eigenvalue weighted by molar-refractivity contribution is 9.10. The predicted molar refractivity (Wildman–Crippen MR) is 80.9 cm³/mol. The summed E-state index contributed by atoms with van der Waals surface area (Å²) < 4.78 is 21.5. The monoisotopic (exact) mass is 341 g/mol. The van der Waals surface area contributed by atoms with E-state index in [2.05, 4.69) is 26.2 Å². The first-order valence-electron chi connectivity index (χ1n) is 6.36. The van der Waals surface area contributed by atoms with Gasteiger partial charge in [-0.1, -0.05) is 15.9 Å². The second-order valence-electron chi connectivity index (χ2n) is 4.44. The minimum atomic E-state index is -0.295. The highest BCUT2D eigenvalue weighted by Crippen LogP contribution is 2.22. The molecule has 1 aromatic heterocycles.